The highest BCUT2D eigenvalue weighted by Gasteiger charge is 2.25. The number of rotatable bonds is 28. The SMILES string of the molecule is CC/C=C\C/C=C\C/C=C\CCCCCCCCOCC(COP(=O)(O)OCCN)OC(=O)CCCCCC. The van der Waals surface area contributed by atoms with Crippen molar-refractivity contribution in [2.45, 2.75) is 116 Å². The third kappa shape index (κ3) is 28.1. The number of unbranched alkanes of at least 4 members (excludes halogenated alkanes) is 9. The van der Waals surface area contributed by atoms with Crippen LogP contribution in [0.4, 0.5) is 0 Å². The van der Waals surface area contributed by atoms with Gasteiger partial charge in [0.15, 0.2) is 0 Å². The molecule has 0 radical (unpaired) electrons. The van der Waals surface area contributed by atoms with Gasteiger partial charge in [0, 0.05) is 19.6 Å². The van der Waals surface area contributed by atoms with Crippen LogP contribution in [-0.4, -0.2) is 49.9 Å². The minimum absolute atomic E-state index is 0.0969. The van der Waals surface area contributed by atoms with E-state index >= 15 is 0 Å². The molecule has 0 aromatic carbocycles. The molecule has 3 N–H and O–H groups in total. The summed E-state index contributed by atoms with van der Waals surface area (Å²) in [5.74, 6) is -0.356. The minimum Gasteiger partial charge on any atom is -0.457 e. The second kappa shape index (κ2) is 28.3. The second-order valence-electron chi connectivity index (χ2n) is 9.59. The number of ether oxygens (including phenoxy) is 2. The van der Waals surface area contributed by atoms with Gasteiger partial charge in [-0.1, -0.05) is 95.2 Å². The number of phosphoric ester groups is 1. The van der Waals surface area contributed by atoms with Gasteiger partial charge in [-0.3, -0.25) is 13.8 Å². The fourth-order valence-electron chi connectivity index (χ4n) is 3.65. The Morgan fingerprint density at radius 2 is 1.44 bits per heavy atom. The maximum absolute atomic E-state index is 12.2. The van der Waals surface area contributed by atoms with Crippen molar-refractivity contribution in [1.29, 1.82) is 0 Å². The van der Waals surface area contributed by atoms with Crippen LogP contribution in [0.25, 0.3) is 0 Å². The molecule has 0 rings (SSSR count). The van der Waals surface area contributed by atoms with E-state index in [2.05, 4.69) is 50.3 Å². The Kier molecular flexibility index (Phi) is 27.3. The predicted molar refractivity (Wildman–Crippen MR) is 160 cm³/mol. The molecule has 0 spiro atoms. The standard InChI is InChI=1S/C30H56NO7P/c1-3-5-7-9-10-11-12-13-14-15-16-17-18-19-20-22-25-35-27-29(28-37-39(33,34)36-26-24-31)38-30(32)23-21-8-6-4-2/h5,7,10-11,13-14,29H,3-4,6,8-9,12,15-28,31H2,1-2H3,(H,33,34)/b7-5-,11-10-,14-13-. The van der Waals surface area contributed by atoms with E-state index in [1.807, 2.05) is 0 Å². The van der Waals surface area contributed by atoms with Crippen LogP contribution in [0.1, 0.15) is 110 Å². The van der Waals surface area contributed by atoms with E-state index in [-0.39, 0.29) is 32.3 Å². The van der Waals surface area contributed by atoms with Crippen LogP contribution in [0.3, 0.4) is 0 Å². The molecule has 0 aliphatic carbocycles. The average molecular weight is 574 g/mol. The van der Waals surface area contributed by atoms with E-state index in [9.17, 15) is 14.3 Å². The van der Waals surface area contributed by atoms with Crippen molar-refractivity contribution >= 4 is 13.8 Å². The monoisotopic (exact) mass is 573 g/mol. The van der Waals surface area contributed by atoms with Crippen LogP contribution in [0.5, 0.6) is 0 Å². The third-order valence-electron chi connectivity index (χ3n) is 5.82. The van der Waals surface area contributed by atoms with E-state index in [0.29, 0.717) is 13.0 Å². The molecule has 9 heteroatoms. The Bertz CT molecular complexity index is 697. The van der Waals surface area contributed by atoms with Crippen LogP contribution in [-0.2, 0) is 27.9 Å². The van der Waals surface area contributed by atoms with Crippen LogP contribution in [0.2, 0.25) is 0 Å². The third-order valence-corrected chi connectivity index (χ3v) is 6.81. The Balaban J connectivity index is 4.03. The molecule has 39 heavy (non-hydrogen) atoms. The van der Waals surface area contributed by atoms with Crippen molar-refractivity contribution in [3.63, 3.8) is 0 Å². The molecular formula is C30H56NO7P. The number of esters is 1. The zero-order valence-corrected chi connectivity index (χ0v) is 25.5. The highest BCUT2D eigenvalue weighted by atomic mass is 31.2. The van der Waals surface area contributed by atoms with Gasteiger partial charge in [0.25, 0.3) is 0 Å². The summed E-state index contributed by atoms with van der Waals surface area (Å²) in [7, 11) is -4.25. The molecule has 8 nitrogen and oxygen atoms in total. The van der Waals surface area contributed by atoms with Gasteiger partial charge in [-0.15, -0.1) is 0 Å². The number of allylic oxidation sites excluding steroid dienone is 6. The largest absolute Gasteiger partial charge is 0.472 e. The van der Waals surface area contributed by atoms with Gasteiger partial charge in [0.05, 0.1) is 19.8 Å². The molecule has 0 bridgehead atoms. The first-order valence-electron chi connectivity index (χ1n) is 15.0. The lowest BCUT2D eigenvalue weighted by molar-refractivity contribution is -0.154. The number of hydrogen-bond donors (Lipinski definition) is 2. The molecule has 0 aliphatic heterocycles. The zero-order chi connectivity index (χ0) is 28.9. The van der Waals surface area contributed by atoms with Crippen LogP contribution in [0.15, 0.2) is 36.5 Å². The predicted octanol–water partition coefficient (Wildman–Crippen LogP) is 7.57. The van der Waals surface area contributed by atoms with E-state index in [0.717, 1.165) is 70.6 Å². The maximum atomic E-state index is 12.2. The first-order valence-corrected chi connectivity index (χ1v) is 16.5. The summed E-state index contributed by atoms with van der Waals surface area (Å²) in [4.78, 5) is 21.9. The normalized spacial score (nSPS) is 14.5. The number of nitrogens with two attached hydrogens (primary N) is 1. The molecule has 0 saturated heterocycles. The number of phosphoric acid groups is 1. The molecule has 0 heterocycles. The second-order valence-corrected chi connectivity index (χ2v) is 11.0. The fourth-order valence-corrected chi connectivity index (χ4v) is 4.42. The minimum atomic E-state index is -4.25. The highest BCUT2D eigenvalue weighted by molar-refractivity contribution is 7.47. The van der Waals surface area contributed by atoms with Crippen LogP contribution in [0, 0.1) is 0 Å². The molecule has 0 aliphatic rings. The first kappa shape index (κ1) is 37.7. The lowest BCUT2D eigenvalue weighted by Crippen LogP contribution is -2.28. The molecule has 228 valence electrons. The van der Waals surface area contributed by atoms with Gasteiger partial charge in [-0.25, -0.2) is 4.57 Å². The fraction of sp³-hybridized carbons (Fsp3) is 0.767. The molecule has 0 aromatic rings. The van der Waals surface area contributed by atoms with Gasteiger partial charge < -0.3 is 20.1 Å². The topological polar surface area (TPSA) is 117 Å². The first-order chi connectivity index (χ1) is 18.9. The Morgan fingerprint density at radius 3 is 2.13 bits per heavy atom. The highest BCUT2D eigenvalue weighted by Crippen LogP contribution is 2.43. The Hall–Kier alpha value is -1.28. The van der Waals surface area contributed by atoms with Crippen LogP contribution < -0.4 is 5.73 Å². The van der Waals surface area contributed by atoms with Crippen LogP contribution >= 0.6 is 7.82 Å². The summed E-state index contributed by atoms with van der Waals surface area (Å²) >= 11 is 0. The summed E-state index contributed by atoms with van der Waals surface area (Å²) in [6.45, 7) is 4.62. The Morgan fingerprint density at radius 1 is 0.795 bits per heavy atom. The van der Waals surface area contributed by atoms with Crippen molar-refractivity contribution < 1.29 is 32.8 Å². The molecular weight excluding hydrogens is 517 g/mol. The summed E-state index contributed by atoms with van der Waals surface area (Å²) < 4.78 is 32.8. The molecule has 0 fully saturated rings. The Labute approximate surface area is 238 Å². The molecule has 0 saturated carbocycles. The van der Waals surface area contributed by atoms with Gasteiger partial charge in [-0.2, -0.15) is 0 Å². The quantitative estimate of drug-likeness (QED) is 0.0426. The smallest absolute Gasteiger partial charge is 0.457 e. The summed E-state index contributed by atoms with van der Waals surface area (Å²) in [6, 6.07) is 0. The van der Waals surface area contributed by atoms with E-state index in [1.165, 1.54) is 19.3 Å². The summed E-state index contributed by atoms with van der Waals surface area (Å²) in [5.41, 5.74) is 5.30. The molecule has 0 amide bonds. The molecule has 0 aromatic heterocycles. The zero-order valence-electron chi connectivity index (χ0n) is 24.6. The summed E-state index contributed by atoms with van der Waals surface area (Å²) in [5, 5.41) is 0. The van der Waals surface area contributed by atoms with Gasteiger partial charge in [0.2, 0.25) is 0 Å². The lowest BCUT2D eigenvalue weighted by atomic mass is 10.1. The molecule has 2 unspecified atom stereocenters. The van der Waals surface area contributed by atoms with E-state index < -0.39 is 13.9 Å². The lowest BCUT2D eigenvalue weighted by Gasteiger charge is -2.20. The van der Waals surface area contributed by atoms with Gasteiger partial charge >= 0.3 is 13.8 Å². The van der Waals surface area contributed by atoms with Gasteiger partial charge in [0.1, 0.15) is 6.10 Å². The number of carbonyl (C=O) groups is 1. The van der Waals surface area contributed by atoms with Crippen molar-refractivity contribution in [3.05, 3.63) is 36.5 Å². The van der Waals surface area contributed by atoms with Gasteiger partial charge in [-0.05, 0) is 44.9 Å². The van der Waals surface area contributed by atoms with E-state index in [4.69, 9.17) is 24.3 Å². The van der Waals surface area contributed by atoms with Crippen molar-refractivity contribution in [2.24, 2.45) is 5.73 Å². The van der Waals surface area contributed by atoms with Crippen molar-refractivity contribution in [3.8, 4) is 0 Å². The number of carbonyl (C=O) groups excluding carboxylic acids is 1. The van der Waals surface area contributed by atoms with E-state index in [1.54, 1.807) is 0 Å². The van der Waals surface area contributed by atoms with Crippen molar-refractivity contribution in [2.75, 3.05) is 33.0 Å². The number of hydrogen-bond acceptors (Lipinski definition) is 7. The van der Waals surface area contributed by atoms with Crippen molar-refractivity contribution in [1.82, 2.24) is 0 Å². The molecule has 2 atom stereocenters. The average Bonchev–Trinajstić information content (AvgIpc) is 2.92. The summed E-state index contributed by atoms with van der Waals surface area (Å²) in [6.07, 6.45) is 27.8. The maximum Gasteiger partial charge on any atom is 0.472 e.